The number of anilines is 1. The topological polar surface area (TPSA) is 46.4 Å². The summed E-state index contributed by atoms with van der Waals surface area (Å²) < 4.78 is 2.02. The molecule has 142 valence electrons. The molecule has 0 saturated carbocycles. The third kappa shape index (κ3) is 3.71. The number of carbonyl (C=O) groups is 1. The van der Waals surface area contributed by atoms with E-state index in [-0.39, 0.29) is 5.91 Å². The molecule has 1 N–H and O–H groups in total. The lowest BCUT2D eigenvalue weighted by Gasteiger charge is -2.09. The minimum atomic E-state index is -0.0176. The number of hydrogen-bond acceptors (Lipinski definition) is 3. The average Bonchev–Trinajstić information content (AvgIpc) is 3.27. The number of amides is 1. The van der Waals surface area contributed by atoms with Crippen LogP contribution in [0, 0.1) is 13.8 Å². The molecule has 2 heterocycles. The van der Waals surface area contributed by atoms with Gasteiger partial charge in [-0.05, 0) is 43.0 Å². The molecular weight excluding hydrogens is 366 g/mol. The second-order valence-electron chi connectivity index (χ2n) is 7.10. The van der Waals surface area contributed by atoms with Crippen LogP contribution in [0.15, 0.2) is 54.0 Å². The number of thiazole rings is 1. The molecule has 0 spiro atoms. The van der Waals surface area contributed by atoms with E-state index in [1.807, 2.05) is 48.0 Å². The molecular formula is C23H23N3OS. The first-order valence-corrected chi connectivity index (χ1v) is 10.3. The van der Waals surface area contributed by atoms with E-state index < -0.39 is 0 Å². The lowest BCUT2D eigenvalue weighted by atomic mass is 10.1. The van der Waals surface area contributed by atoms with Crippen LogP contribution in [0.4, 0.5) is 5.69 Å². The van der Waals surface area contributed by atoms with E-state index in [1.54, 1.807) is 11.3 Å². The highest BCUT2D eigenvalue weighted by Crippen LogP contribution is 2.25. The minimum absolute atomic E-state index is 0.0176. The molecule has 0 aliphatic rings. The third-order valence-electron chi connectivity index (χ3n) is 4.95. The number of nitrogens with zero attached hydrogens (tertiary/aromatic N) is 2. The standard InChI is InChI=1S/C23H23N3OS/c1-4-17-7-9-18(10-8-17)21-13-26-19(14-28-23(26)25-21)12-22(27)24-20-11-15(2)5-6-16(20)3/h5-11,13-14H,4,12H2,1-3H3,(H,24,27). The first kappa shape index (κ1) is 18.4. The number of fused-ring (bicyclic) bond motifs is 1. The molecule has 0 aliphatic carbocycles. The summed E-state index contributed by atoms with van der Waals surface area (Å²) in [6, 6.07) is 14.6. The summed E-state index contributed by atoms with van der Waals surface area (Å²) in [5.74, 6) is -0.0176. The fourth-order valence-corrected chi connectivity index (χ4v) is 4.11. The maximum atomic E-state index is 12.6. The quantitative estimate of drug-likeness (QED) is 0.495. The zero-order chi connectivity index (χ0) is 19.7. The van der Waals surface area contributed by atoms with Gasteiger partial charge in [-0.25, -0.2) is 4.98 Å². The van der Waals surface area contributed by atoms with Gasteiger partial charge in [0.15, 0.2) is 4.96 Å². The number of imidazole rings is 1. The fourth-order valence-electron chi connectivity index (χ4n) is 3.24. The molecule has 0 bridgehead atoms. The summed E-state index contributed by atoms with van der Waals surface area (Å²) in [4.78, 5) is 18.2. The Kier molecular flexibility index (Phi) is 5.01. The average molecular weight is 390 g/mol. The molecule has 4 aromatic rings. The number of aromatic nitrogens is 2. The molecule has 4 rings (SSSR count). The Morgan fingerprint density at radius 2 is 1.93 bits per heavy atom. The van der Waals surface area contributed by atoms with Gasteiger partial charge in [-0.1, -0.05) is 43.3 Å². The lowest BCUT2D eigenvalue weighted by molar-refractivity contribution is -0.115. The third-order valence-corrected chi connectivity index (χ3v) is 5.84. The van der Waals surface area contributed by atoms with Crippen LogP contribution in [0.25, 0.3) is 16.2 Å². The summed E-state index contributed by atoms with van der Waals surface area (Å²) in [5, 5.41) is 5.05. The van der Waals surface area contributed by atoms with Gasteiger partial charge in [0.25, 0.3) is 0 Å². The van der Waals surface area contributed by atoms with Gasteiger partial charge in [0.2, 0.25) is 5.91 Å². The van der Waals surface area contributed by atoms with Gasteiger partial charge in [0.1, 0.15) is 0 Å². The molecule has 0 fully saturated rings. The highest BCUT2D eigenvalue weighted by molar-refractivity contribution is 7.15. The Morgan fingerprint density at radius 3 is 2.68 bits per heavy atom. The van der Waals surface area contributed by atoms with Gasteiger partial charge in [0, 0.05) is 28.5 Å². The van der Waals surface area contributed by atoms with Crippen molar-refractivity contribution >= 4 is 27.9 Å². The smallest absolute Gasteiger partial charge is 0.230 e. The summed E-state index contributed by atoms with van der Waals surface area (Å²) >= 11 is 1.56. The van der Waals surface area contributed by atoms with Crippen LogP contribution in [0.2, 0.25) is 0 Å². The van der Waals surface area contributed by atoms with E-state index in [1.165, 1.54) is 5.56 Å². The van der Waals surface area contributed by atoms with Crippen LogP contribution in [-0.2, 0) is 17.6 Å². The highest BCUT2D eigenvalue weighted by Gasteiger charge is 2.13. The fraction of sp³-hybridized carbons (Fsp3) is 0.217. The number of nitrogens with one attached hydrogen (secondary N) is 1. The second kappa shape index (κ2) is 7.60. The van der Waals surface area contributed by atoms with E-state index in [4.69, 9.17) is 4.98 Å². The van der Waals surface area contributed by atoms with Crippen molar-refractivity contribution in [2.24, 2.45) is 0 Å². The Balaban J connectivity index is 1.55. The summed E-state index contributed by atoms with van der Waals surface area (Å²) in [7, 11) is 0. The lowest BCUT2D eigenvalue weighted by Crippen LogP contribution is -2.16. The molecule has 0 aliphatic heterocycles. The van der Waals surface area contributed by atoms with Crippen molar-refractivity contribution in [3.63, 3.8) is 0 Å². The molecule has 5 heteroatoms. The molecule has 1 amide bonds. The molecule has 2 aromatic heterocycles. The zero-order valence-electron chi connectivity index (χ0n) is 16.3. The molecule has 4 nitrogen and oxygen atoms in total. The first-order chi connectivity index (χ1) is 13.5. The molecule has 0 radical (unpaired) electrons. The zero-order valence-corrected chi connectivity index (χ0v) is 17.1. The maximum absolute atomic E-state index is 12.6. The van der Waals surface area contributed by atoms with Gasteiger partial charge in [-0.2, -0.15) is 0 Å². The Bertz CT molecular complexity index is 1140. The van der Waals surface area contributed by atoms with E-state index in [0.717, 1.165) is 45.1 Å². The van der Waals surface area contributed by atoms with Crippen molar-refractivity contribution in [2.75, 3.05) is 5.32 Å². The summed E-state index contributed by atoms with van der Waals surface area (Å²) in [6.45, 7) is 6.18. The number of aryl methyl sites for hydroxylation is 3. The van der Waals surface area contributed by atoms with Crippen molar-refractivity contribution in [1.29, 1.82) is 0 Å². The Morgan fingerprint density at radius 1 is 1.14 bits per heavy atom. The van der Waals surface area contributed by atoms with Gasteiger partial charge >= 0.3 is 0 Å². The van der Waals surface area contributed by atoms with Crippen LogP contribution in [0.5, 0.6) is 0 Å². The number of benzene rings is 2. The van der Waals surface area contributed by atoms with Crippen LogP contribution in [0.3, 0.4) is 0 Å². The van der Waals surface area contributed by atoms with E-state index in [9.17, 15) is 4.79 Å². The van der Waals surface area contributed by atoms with Crippen LogP contribution in [-0.4, -0.2) is 15.3 Å². The van der Waals surface area contributed by atoms with Crippen molar-refractivity contribution in [2.45, 2.75) is 33.6 Å². The molecule has 0 unspecified atom stereocenters. The van der Waals surface area contributed by atoms with Crippen LogP contribution in [0.1, 0.15) is 29.3 Å². The molecule has 2 aromatic carbocycles. The highest BCUT2D eigenvalue weighted by atomic mass is 32.1. The van der Waals surface area contributed by atoms with Crippen LogP contribution < -0.4 is 5.32 Å². The molecule has 0 atom stereocenters. The first-order valence-electron chi connectivity index (χ1n) is 9.45. The minimum Gasteiger partial charge on any atom is -0.326 e. The van der Waals surface area contributed by atoms with Crippen molar-refractivity contribution in [3.8, 4) is 11.3 Å². The Hall–Kier alpha value is -2.92. The summed E-state index contributed by atoms with van der Waals surface area (Å²) in [6.07, 6.45) is 3.36. The van der Waals surface area contributed by atoms with Gasteiger partial charge in [-0.15, -0.1) is 11.3 Å². The Labute approximate surface area is 168 Å². The van der Waals surface area contributed by atoms with E-state index in [0.29, 0.717) is 6.42 Å². The second-order valence-corrected chi connectivity index (χ2v) is 7.94. The number of carbonyl (C=O) groups excluding carboxylic acids is 1. The van der Waals surface area contributed by atoms with Gasteiger partial charge in [0.05, 0.1) is 12.1 Å². The van der Waals surface area contributed by atoms with Crippen molar-refractivity contribution < 1.29 is 4.79 Å². The van der Waals surface area contributed by atoms with E-state index >= 15 is 0 Å². The van der Waals surface area contributed by atoms with Crippen LogP contribution >= 0.6 is 11.3 Å². The van der Waals surface area contributed by atoms with E-state index in [2.05, 4.69) is 36.5 Å². The normalized spacial score (nSPS) is 11.1. The largest absolute Gasteiger partial charge is 0.326 e. The number of hydrogen-bond donors (Lipinski definition) is 1. The summed E-state index contributed by atoms with van der Waals surface area (Å²) in [5.41, 5.74) is 7.37. The molecule has 0 saturated heterocycles. The predicted molar refractivity (Wildman–Crippen MR) is 116 cm³/mol. The van der Waals surface area contributed by atoms with Crippen molar-refractivity contribution in [3.05, 3.63) is 76.4 Å². The number of rotatable bonds is 5. The SMILES string of the molecule is CCc1ccc(-c2cn3c(CC(=O)Nc4cc(C)ccc4C)csc3n2)cc1. The predicted octanol–water partition coefficient (Wildman–Crippen LogP) is 5.42. The van der Waals surface area contributed by atoms with Gasteiger partial charge in [-0.3, -0.25) is 9.20 Å². The maximum Gasteiger partial charge on any atom is 0.230 e. The van der Waals surface area contributed by atoms with Crippen molar-refractivity contribution in [1.82, 2.24) is 9.38 Å². The van der Waals surface area contributed by atoms with Gasteiger partial charge < -0.3 is 5.32 Å². The molecule has 28 heavy (non-hydrogen) atoms. The monoisotopic (exact) mass is 389 g/mol.